The van der Waals surface area contributed by atoms with Crippen LogP contribution in [-0.4, -0.2) is 41.9 Å². The van der Waals surface area contributed by atoms with Gasteiger partial charge in [-0.1, -0.05) is 0 Å². The minimum Gasteiger partial charge on any atom is -0.350 e. The molecule has 0 spiro atoms. The summed E-state index contributed by atoms with van der Waals surface area (Å²) in [6, 6.07) is 2.82. The van der Waals surface area contributed by atoms with Crippen LogP contribution in [0, 0.1) is 15.9 Å². The summed E-state index contributed by atoms with van der Waals surface area (Å²) >= 11 is 0. The van der Waals surface area contributed by atoms with Crippen molar-refractivity contribution in [3.8, 4) is 0 Å². The van der Waals surface area contributed by atoms with Crippen LogP contribution in [0.15, 0.2) is 18.2 Å². The molecule has 0 radical (unpaired) electrons. The van der Waals surface area contributed by atoms with Crippen LogP contribution in [0.5, 0.6) is 0 Å². The second-order valence-electron chi connectivity index (χ2n) is 5.31. The molecule has 6 nitrogen and oxygen atoms in total. The van der Waals surface area contributed by atoms with Crippen molar-refractivity contribution in [2.24, 2.45) is 0 Å². The van der Waals surface area contributed by atoms with E-state index in [2.05, 4.69) is 5.32 Å². The first-order valence-corrected chi connectivity index (χ1v) is 6.05. The maximum absolute atomic E-state index is 13.2. The third-order valence-electron chi connectivity index (χ3n) is 3.29. The summed E-state index contributed by atoms with van der Waals surface area (Å²) in [5.74, 6) is -1.35. The highest BCUT2D eigenvalue weighted by atomic mass is 19.1. The average molecular weight is 283 g/mol. The quantitative estimate of drug-likeness (QED) is 0.660. The van der Waals surface area contributed by atoms with Gasteiger partial charge in [-0.05, 0) is 40.1 Å². The van der Waals surface area contributed by atoms with Gasteiger partial charge in [0.25, 0.3) is 11.6 Å². The first-order valence-electron chi connectivity index (χ1n) is 6.05. The predicted octanol–water partition coefficient (Wildman–Crippen LogP) is 1.80. The molecule has 0 aliphatic rings. The van der Waals surface area contributed by atoms with E-state index in [9.17, 15) is 19.3 Å². The van der Waals surface area contributed by atoms with E-state index in [4.69, 9.17) is 0 Å². The Morgan fingerprint density at radius 1 is 1.45 bits per heavy atom. The van der Waals surface area contributed by atoms with E-state index in [1.54, 1.807) is 0 Å². The van der Waals surface area contributed by atoms with Crippen molar-refractivity contribution < 1.29 is 14.1 Å². The number of hydrogen-bond donors (Lipinski definition) is 1. The van der Waals surface area contributed by atoms with Crippen molar-refractivity contribution in [1.82, 2.24) is 10.2 Å². The number of carbonyl (C=O) groups excluding carboxylic acids is 1. The zero-order valence-corrected chi connectivity index (χ0v) is 11.9. The molecule has 7 heteroatoms. The predicted molar refractivity (Wildman–Crippen MR) is 73.2 cm³/mol. The number of halogens is 1. The van der Waals surface area contributed by atoms with Crippen LogP contribution in [0.3, 0.4) is 0 Å². The van der Waals surface area contributed by atoms with Crippen LogP contribution in [0.1, 0.15) is 24.2 Å². The molecule has 0 aromatic heterocycles. The lowest BCUT2D eigenvalue weighted by Crippen LogP contribution is -2.48. The molecule has 0 aliphatic heterocycles. The van der Waals surface area contributed by atoms with Crippen molar-refractivity contribution in [2.45, 2.75) is 19.4 Å². The van der Waals surface area contributed by atoms with E-state index in [-0.39, 0.29) is 17.6 Å². The number of nitro benzene ring substituents is 1. The number of nitrogens with zero attached hydrogens (tertiary/aromatic N) is 2. The SMILES string of the molecule is CN(C)C(C)(C)CNC(=O)c1cc(F)ccc1[N+](=O)[O-]. The van der Waals surface area contributed by atoms with Gasteiger partial charge in [-0.15, -0.1) is 0 Å². The first kappa shape index (κ1) is 16.0. The fourth-order valence-corrected chi connectivity index (χ4v) is 1.40. The van der Waals surface area contributed by atoms with Crippen molar-refractivity contribution in [1.29, 1.82) is 0 Å². The Morgan fingerprint density at radius 3 is 2.55 bits per heavy atom. The number of hydrogen-bond acceptors (Lipinski definition) is 4. The third-order valence-corrected chi connectivity index (χ3v) is 3.29. The van der Waals surface area contributed by atoms with Crippen LogP contribution in [0.2, 0.25) is 0 Å². The van der Waals surface area contributed by atoms with Crippen molar-refractivity contribution in [3.05, 3.63) is 39.7 Å². The highest BCUT2D eigenvalue weighted by molar-refractivity contribution is 5.98. The van der Waals surface area contributed by atoms with Crippen LogP contribution in [0.4, 0.5) is 10.1 Å². The number of nitrogens with one attached hydrogen (secondary N) is 1. The van der Waals surface area contributed by atoms with Gasteiger partial charge in [-0.25, -0.2) is 4.39 Å². The van der Waals surface area contributed by atoms with Gasteiger partial charge in [-0.3, -0.25) is 14.9 Å². The molecular weight excluding hydrogens is 265 g/mol. The molecule has 0 unspecified atom stereocenters. The zero-order chi connectivity index (χ0) is 15.5. The summed E-state index contributed by atoms with van der Waals surface area (Å²) in [6.07, 6.45) is 0. The number of amides is 1. The van der Waals surface area contributed by atoms with E-state index < -0.39 is 22.3 Å². The number of likely N-dealkylation sites (N-methyl/N-ethyl adjacent to an activating group) is 1. The molecule has 0 saturated heterocycles. The lowest BCUT2D eigenvalue weighted by Gasteiger charge is -2.32. The molecule has 0 heterocycles. The topological polar surface area (TPSA) is 75.5 Å². The van der Waals surface area contributed by atoms with Crippen molar-refractivity contribution in [2.75, 3.05) is 20.6 Å². The molecule has 1 N–H and O–H groups in total. The van der Waals surface area contributed by atoms with Gasteiger partial charge in [0, 0.05) is 18.2 Å². The van der Waals surface area contributed by atoms with E-state index >= 15 is 0 Å². The summed E-state index contributed by atoms with van der Waals surface area (Å²) in [5.41, 5.74) is -1.01. The smallest absolute Gasteiger partial charge is 0.282 e. The summed E-state index contributed by atoms with van der Waals surface area (Å²) in [4.78, 5) is 24.0. The number of carbonyl (C=O) groups is 1. The molecule has 0 fully saturated rings. The monoisotopic (exact) mass is 283 g/mol. The lowest BCUT2D eigenvalue weighted by atomic mass is 10.0. The zero-order valence-electron chi connectivity index (χ0n) is 11.9. The highest BCUT2D eigenvalue weighted by Crippen LogP contribution is 2.19. The van der Waals surface area contributed by atoms with Crippen molar-refractivity contribution >= 4 is 11.6 Å². The fraction of sp³-hybridized carbons (Fsp3) is 0.462. The van der Waals surface area contributed by atoms with Gasteiger partial charge in [0.15, 0.2) is 0 Å². The van der Waals surface area contributed by atoms with Gasteiger partial charge in [0.05, 0.1) is 4.92 Å². The van der Waals surface area contributed by atoms with Crippen LogP contribution >= 0.6 is 0 Å². The third kappa shape index (κ3) is 3.74. The number of rotatable bonds is 5. The van der Waals surface area contributed by atoms with Crippen LogP contribution in [-0.2, 0) is 0 Å². The Kier molecular flexibility index (Phi) is 4.78. The maximum Gasteiger partial charge on any atom is 0.282 e. The molecule has 0 saturated carbocycles. The minimum atomic E-state index is -0.703. The Balaban J connectivity index is 2.93. The molecular formula is C13H18FN3O3. The number of benzene rings is 1. The summed E-state index contributed by atoms with van der Waals surface area (Å²) in [6.45, 7) is 4.10. The van der Waals surface area contributed by atoms with Gasteiger partial charge >= 0.3 is 0 Å². The standard InChI is InChI=1S/C13H18FN3O3/c1-13(2,16(3)4)8-15-12(18)10-7-9(14)5-6-11(10)17(19)20/h5-7H,8H2,1-4H3,(H,15,18). The largest absolute Gasteiger partial charge is 0.350 e. The summed E-state index contributed by atoms with van der Waals surface area (Å²) in [7, 11) is 3.72. The van der Waals surface area contributed by atoms with Crippen LogP contribution in [0.25, 0.3) is 0 Å². The normalized spacial score (nSPS) is 11.5. The molecule has 1 amide bonds. The maximum atomic E-state index is 13.2. The Bertz CT molecular complexity index is 530. The Morgan fingerprint density at radius 2 is 2.05 bits per heavy atom. The summed E-state index contributed by atoms with van der Waals surface area (Å²) in [5, 5.41) is 13.4. The van der Waals surface area contributed by atoms with Gasteiger partial charge in [-0.2, -0.15) is 0 Å². The molecule has 0 bridgehead atoms. The molecule has 0 aliphatic carbocycles. The highest BCUT2D eigenvalue weighted by Gasteiger charge is 2.25. The van der Waals surface area contributed by atoms with E-state index in [0.29, 0.717) is 0 Å². The lowest BCUT2D eigenvalue weighted by molar-refractivity contribution is -0.385. The molecule has 110 valence electrons. The first-order chi connectivity index (χ1) is 9.15. The summed E-state index contributed by atoms with van der Waals surface area (Å²) < 4.78 is 13.2. The van der Waals surface area contributed by atoms with E-state index in [1.165, 1.54) is 0 Å². The Hall–Kier alpha value is -2.02. The number of nitro groups is 1. The van der Waals surface area contributed by atoms with E-state index in [0.717, 1.165) is 18.2 Å². The Labute approximate surface area is 116 Å². The molecule has 0 atom stereocenters. The van der Waals surface area contributed by atoms with E-state index in [1.807, 2.05) is 32.8 Å². The molecule has 20 heavy (non-hydrogen) atoms. The second-order valence-corrected chi connectivity index (χ2v) is 5.31. The van der Waals surface area contributed by atoms with Crippen LogP contribution < -0.4 is 5.32 Å². The minimum absolute atomic E-state index is 0.274. The fourth-order valence-electron chi connectivity index (χ4n) is 1.40. The second kappa shape index (κ2) is 5.96. The van der Waals surface area contributed by atoms with Gasteiger partial charge in [0.2, 0.25) is 0 Å². The van der Waals surface area contributed by atoms with Gasteiger partial charge in [0.1, 0.15) is 11.4 Å². The molecule has 1 rings (SSSR count). The van der Waals surface area contributed by atoms with Gasteiger partial charge < -0.3 is 10.2 Å². The average Bonchev–Trinajstić information content (AvgIpc) is 2.35. The molecule has 1 aromatic rings. The molecule has 1 aromatic carbocycles. The van der Waals surface area contributed by atoms with Crippen molar-refractivity contribution in [3.63, 3.8) is 0 Å².